The zero-order chi connectivity index (χ0) is 33.4. The van der Waals surface area contributed by atoms with Crippen LogP contribution in [0.1, 0.15) is 45.1 Å². The Hall–Kier alpha value is -4.67. The van der Waals surface area contributed by atoms with Crippen molar-refractivity contribution >= 4 is 23.2 Å². The number of hydrogen-bond donors (Lipinski definition) is 1. The second-order valence-electron chi connectivity index (χ2n) is 12.3. The molecule has 0 spiro atoms. The number of anilines is 2. The van der Waals surface area contributed by atoms with Gasteiger partial charge in [0.05, 0.1) is 43.6 Å². The minimum Gasteiger partial charge on any atom is -0.487 e. The van der Waals surface area contributed by atoms with Crippen LogP contribution in [0.4, 0.5) is 11.6 Å². The van der Waals surface area contributed by atoms with Crippen molar-refractivity contribution < 1.29 is 14.2 Å². The van der Waals surface area contributed by atoms with Crippen molar-refractivity contribution in [1.82, 2.24) is 59.6 Å². The first-order chi connectivity index (χ1) is 24.1. The summed E-state index contributed by atoms with van der Waals surface area (Å²) in [4.78, 5) is 15.8. The van der Waals surface area contributed by atoms with E-state index in [-0.39, 0.29) is 6.10 Å². The average Bonchev–Trinajstić information content (AvgIpc) is 3.92. The third-order valence-corrected chi connectivity index (χ3v) is 9.18. The van der Waals surface area contributed by atoms with Gasteiger partial charge in [-0.15, -0.1) is 10.2 Å². The monoisotopic (exact) mass is 689 g/mol. The molecule has 1 saturated heterocycles. The molecule has 1 aliphatic heterocycles. The number of ether oxygens (including phenoxy) is 3. The largest absolute Gasteiger partial charge is 0.487 e. The van der Waals surface area contributed by atoms with E-state index in [1.807, 2.05) is 25.3 Å². The van der Waals surface area contributed by atoms with Crippen LogP contribution < -0.4 is 14.8 Å². The Morgan fingerprint density at radius 1 is 1.02 bits per heavy atom. The number of aryl methyl sites for hydroxylation is 1. The fourth-order valence-corrected chi connectivity index (χ4v) is 6.51. The second-order valence-corrected chi connectivity index (χ2v) is 12.7. The molecule has 1 aliphatic carbocycles. The molecule has 16 nitrogen and oxygen atoms in total. The van der Waals surface area contributed by atoms with E-state index in [2.05, 4.69) is 50.5 Å². The number of aromatic nitrogens is 11. The van der Waals surface area contributed by atoms with Gasteiger partial charge in [-0.1, -0.05) is 17.7 Å². The minimum atomic E-state index is -0.209. The SMILES string of the molecule is CC(Cn1cnnn1)Oc1cc(-c2cnc(Nc3cn(C4CCC(N5CCOCC5)CC4)nc3OCCCn3cncn3)nc2)ccc1Cl. The number of morpholine rings is 1. The molecule has 7 rings (SSSR count). The predicted molar refractivity (Wildman–Crippen MR) is 180 cm³/mol. The molecule has 5 heterocycles. The van der Waals surface area contributed by atoms with Gasteiger partial charge in [0, 0.05) is 50.1 Å². The van der Waals surface area contributed by atoms with Crippen LogP contribution in [0.15, 0.2) is 55.8 Å². The van der Waals surface area contributed by atoms with Gasteiger partial charge < -0.3 is 19.5 Å². The minimum absolute atomic E-state index is 0.209. The average molecular weight is 690 g/mol. The summed E-state index contributed by atoms with van der Waals surface area (Å²) in [6.45, 7) is 7.29. The highest BCUT2D eigenvalue weighted by atomic mass is 35.5. The Morgan fingerprint density at radius 3 is 2.59 bits per heavy atom. The summed E-state index contributed by atoms with van der Waals surface area (Å²) in [5.74, 6) is 1.52. The van der Waals surface area contributed by atoms with Crippen molar-refractivity contribution in [2.45, 2.75) is 70.3 Å². The second kappa shape index (κ2) is 15.7. The van der Waals surface area contributed by atoms with E-state index < -0.39 is 0 Å². The predicted octanol–water partition coefficient (Wildman–Crippen LogP) is 4.07. The molecule has 1 unspecified atom stereocenters. The highest BCUT2D eigenvalue weighted by Gasteiger charge is 2.29. The van der Waals surface area contributed by atoms with E-state index in [9.17, 15) is 0 Å². The van der Waals surface area contributed by atoms with Crippen LogP contribution >= 0.6 is 11.6 Å². The Bertz CT molecular complexity index is 1740. The van der Waals surface area contributed by atoms with Crippen LogP contribution in [0, 0.1) is 0 Å². The lowest BCUT2D eigenvalue weighted by Gasteiger charge is -2.38. The lowest BCUT2D eigenvalue weighted by Crippen LogP contribution is -2.45. The van der Waals surface area contributed by atoms with Gasteiger partial charge in [-0.2, -0.15) is 5.10 Å². The molecule has 0 bridgehead atoms. The van der Waals surface area contributed by atoms with Crippen molar-refractivity contribution in [1.29, 1.82) is 0 Å². The molecule has 1 saturated carbocycles. The maximum absolute atomic E-state index is 6.47. The quantitative estimate of drug-likeness (QED) is 0.166. The maximum Gasteiger partial charge on any atom is 0.256 e. The zero-order valence-electron chi connectivity index (χ0n) is 27.4. The number of tetrazole rings is 1. The van der Waals surface area contributed by atoms with Gasteiger partial charge >= 0.3 is 0 Å². The molecule has 1 aromatic carbocycles. The van der Waals surface area contributed by atoms with Crippen molar-refractivity contribution in [3.63, 3.8) is 0 Å². The Balaban J connectivity index is 1.02. The van der Waals surface area contributed by atoms with E-state index in [0.29, 0.717) is 54.4 Å². The lowest BCUT2D eigenvalue weighted by molar-refractivity contribution is 0.00503. The number of halogens is 1. The van der Waals surface area contributed by atoms with Crippen LogP contribution in [0.2, 0.25) is 5.02 Å². The van der Waals surface area contributed by atoms with Gasteiger partial charge in [0.25, 0.3) is 5.88 Å². The first-order valence-corrected chi connectivity index (χ1v) is 17.1. The van der Waals surface area contributed by atoms with Gasteiger partial charge in [0.15, 0.2) is 0 Å². The number of hydrogen-bond acceptors (Lipinski definition) is 13. The smallest absolute Gasteiger partial charge is 0.256 e. The highest BCUT2D eigenvalue weighted by molar-refractivity contribution is 6.32. The Morgan fingerprint density at radius 2 is 1.84 bits per heavy atom. The van der Waals surface area contributed by atoms with Gasteiger partial charge in [-0.3, -0.25) is 14.3 Å². The third-order valence-electron chi connectivity index (χ3n) is 8.86. The summed E-state index contributed by atoms with van der Waals surface area (Å²) in [6, 6.07) is 6.50. The summed E-state index contributed by atoms with van der Waals surface area (Å²) < 4.78 is 23.3. The molecule has 1 N–H and O–H groups in total. The lowest BCUT2D eigenvalue weighted by atomic mass is 9.90. The molecule has 2 aliphatic rings. The van der Waals surface area contributed by atoms with Crippen molar-refractivity contribution in [2.24, 2.45) is 0 Å². The van der Waals surface area contributed by atoms with Crippen molar-refractivity contribution in [3.05, 3.63) is 60.8 Å². The van der Waals surface area contributed by atoms with E-state index >= 15 is 0 Å². The van der Waals surface area contributed by atoms with Crippen LogP contribution in [0.5, 0.6) is 11.6 Å². The standard InChI is InChI=1S/C32H40ClN13O3/c1-23(18-45-22-37-41-42-45)49-30-15-24(3-8-28(30)33)25-16-35-32(36-17-25)39-29-19-46(40-31(29)48-12-2-9-44-21-34-20-38-44)27-6-4-26(5-7-27)43-10-13-47-14-11-43/h3,8,15-17,19-23,26-27H,2,4-7,9-14,18H2,1H3,(H,35,36,39). The number of nitrogens with zero attached hydrogens (tertiary/aromatic N) is 12. The van der Waals surface area contributed by atoms with Gasteiger partial charge in [-0.25, -0.2) is 19.6 Å². The summed E-state index contributed by atoms with van der Waals surface area (Å²) in [5, 5.41) is 24.2. The van der Waals surface area contributed by atoms with Crippen LogP contribution in [-0.2, 0) is 17.8 Å². The normalized spacial score (nSPS) is 19.1. The van der Waals surface area contributed by atoms with Crippen molar-refractivity contribution in [2.75, 3.05) is 38.2 Å². The van der Waals surface area contributed by atoms with Crippen LogP contribution in [-0.4, -0.2) is 105 Å². The van der Waals surface area contributed by atoms with E-state index in [4.69, 9.17) is 30.9 Å². The molecule has 258 valence electrons. The molecule has 17 heteroatoms. The number of nitrogens with one attached hydrogen (secondary N) is 1. The van der Waals surface area contributed by atoms with Crippen molar-refractivity contribution in [3.8, 4) is 22.8 Å². The molecule has 2 fully saturated rings. The van der Waals surface area contributed by atoms with E-state index in [0.717, 1.165) is 75.2 Å². The first-order valence-electron chi connectivity index (χ1n) is 16.7. The highest BCUT2D eigenvalue weighted by Crippen LogP contribution is 2.35. The summed E-state index contributed by atoms with van der Waals surface area (Å²) in [6.07, 6.45) is 15.3. The fourth-order valence-electron chi connectivity index (χ4n) is 6.35. The van der Waals surface area contributed by atoms with Gasteiger partial charge in [-0.05, 0) is 60.7 Å². The topological polar surface area (TPSA) is 161 Å². The summed E-state index contributed by atoms with van der Waals surface area (Å²) in [7, 11) is 0. The van der Waals surface area contributed by atoms with Gasteiger partial charge in [0.2, 0.25) is 5.95 Å². The molecule has 49 heavy (non-hydrogen) atoms. The number of benzene rings is 1. The third kappa shape index (κ3) is 8.50. The Labute approximate surface area is 288 Å². The zero-order valence-corrected chi connectivity index (χ0v) is 28.1. The molecule has 0 radical (unpaired) electrons. The molecular formula is C32H40ClN13O3. The Kier molecular flexibility index (Phi) is 10.5. The number of rotatable bonds is 14. The van der Waals surface area contributed by atoms with Gasteiger partial charge in [0.1, 0.15) is 36.5 Å². The molecule has 0 amide bonds. The summed E-state index contributed by atoms with van der Waals surface area (Å²) in [5.41, 5.74) is 2.41. The molecule has 4 aromatic heterocycles. The molecular weight excluding hydrogens is 650 g/mol. The van der Waals surface area contributed by atoms with E-state index in [1.165, 1.54) is 6.33 Å². The molecule has 1 atom stereocenters. The first kappa shape index (κ1) is 32.9. The van der Waals surface area contributed by atoms with E-state index in [1.54, 1.807) is 40.5 Å². The maximum atomic E-state index is 6.47. The molecule has 5 aromatic rings. The van der Waals surface area contributed by atoms with Crippen LogP contribution in [0.25, 0.3) is 11.1 Å². The fraction of sp³-hybridized carbons (Fsp3) is 0.500. The summed E-state index contributed by atoms with van der Waals surface area (Å²) >= 11 is 6.47. The van der Waals surface area contributed by atoms with Crippen LogP contribution in [0.3, 0.4) is 0 Å².